The monoisotopic (exact) mass is 348 g/mol. The van der Waals surface area contributed by atoms with Gasteiger partial charge in [0.2, 0.25) is 5.78 Å². The molecule has 132 valence electrons. The number of allylic oxidation sites excluding steroid dienone is 1. The molecule has 0 saturated carbocycles. The maximum Gasteiger partial charge on any atom is 0.203 e. The number of hydrogen-bond acceptors (Lipinski definition) is 4. The van der Waals surface area contributed by atoms with E-state index in [0.717, 1.165) is 5.56 Å². The van der Waals surface area contributed by atoms with Gasteiger partial charge in [0, 0.05) is 12.0 Å². The summed E-state index contributed by atoms with van der Waals surface area (Å²) >= 11 is 0. The quantitative estimate of drug-likeness (QED) is 0.899. The van der Waals surface area contributed by atoms with Crippen molar-refractivity contribution in [3.05, 3.63) is 83.6 Å². The molecule has 1 aliphatic carbocycles. The van der Waals surface area contributed by atoms with E-state index >= 15 is 0 Å². The van der Waals surface area contributed by atoms with E-state index in [1.165, 1.54) is 20.1 Å². The summed E-state index contributed by atoms with van der Waals surface area (Å²) < 4.78 is 5.59. The van der Waals surface area contributed by atoms with E-state index in [1.807, 2.05) is 48.5 Å². The van der Waals surface area contributed by atoms with E-state index < -0.39 is 11.4 Å². The van der Waals surface area contributed by atoms with Gasteiger partial charge in [0.05, 0.1) is 12.7 Å². The number of rotatable bonds is 5. The summed E-state index contributed by atoms with van der Waals surface area (Å²) in [7, 11) is 1.50. The molecule has 26 heavy (non-hydrogen) atoms. The number of ether oxygens (including phenoxy) is 1. The molecule has 0 amide bonds. The third-order valence-corrected chi connectivity index (χ3v) is 4.34. The molecule has 0 radical (unpaired) electrons. The van der Waals surface area contributed by atoms with Crippen molar-refractivity contribution in [2.45, 2.75) is 18.9 Å². The Bertz CT molecular complexity index is 894. The van der Waals surface area contributed by atoms with E-state index in [-0.39, 0.29) is 17.8 Å². The average molecular weight is 348 g/mol. The van der Waals surface area contributed by atoms with Gasteiger partial charge in [-0.3, -0.25) is 9.59 Å². The molecule has 2 aromatic rings. The molecular weight excluding hydrogens is 328 g/mol. The zero-order chi connectivity index (χ0) is 18.7. The summed E-state index contributed by atoms with van der Waals surface area (Å²) in [6.45, 7) is 1.36. The second-order valence-corrected chi connectivity index (χ2v) is 6.33. The van der Waals surface area contributed by atoms with Crippen LogP contribution in [-0.4, -0.2) is 29.4 Å². The first kappa shape index (κ1) is 17.8. The van der Waals surface area contributed by atoms with Crippen LogP contribution in [0.1, 0.15) is 24.5 Å². The fourth-order valence-electron chi connectivity index (χ4n) is 3.25. The molecule has 1 N–H and O–H groups in total. The van der Waals surface area contributed by atoms with E-state index in [9.17, 15) is 14.7 Å². The molecule has 1 unspecified atom stereocenters. The Morgan fingerprint density at radius 1 is 1.00 bits per heavy atom. The van der Waals surface area contributed by atoms with Crippen LogP contribution in [0.15, 0.2) is 72.5 Å². The number of aliphatic hydroxyl groups is 1. The first-order valence-electron chi connectivity index (χ1n) is 8.35. The summed E-state index contributed by atoms with van der Waals surface area (Å²) in [5, 5.41) is 11.1. The molecule has 4 heteroatoms. The Balaban J connectivity index is 2.28. The van der Waals surface area contributed by atoms with Crippen LogP contribution in [-0.2, 0) is 14.3 Å². The fourth-order valence-corrected chi connectivity index (χ4v) is 3.25. The minimum absolute atomic E-state index is 0.266. The summed E-state index contributed by atoms with van der Waals surface area (Å²) in [4.78, 5) is 24.9. The van der Waals surface area contributed by atoms with Crippen LogP contribution in [0.4, 0.5) is 0 Å². The highest BCUT2D eigenvalue weighted by Crippen LogP contribution is 2.40. The highest BCUT2D eigenvalue weighted by atomic mass is 16.5. The van der Waals surface area contributed by atoms with E-state index in [0.29, 0.717) is 16.9 Å². The summed E-state index contributed by atoms with van der Waals surface area (Å²) in [5.74, 6) is -0.408. The van der Waals surface area contributed by atoms with Gasteiger partial charge in [-0.1, -0.05) is 60.7 Å². The van der Waals surface area contributed by atoms with Crippen LogP contribution >= 0.6 is 0 Å². The second-order valence-electron chi connectivity index (χ2n) is 6.33. The molecule has 0 heterocycles. The molecule has 1 aliphatic rings. The van der Waals surface area contributed by atoms with Gasteiger partial charge in [0.1, 0.15) is 11.5 Å². The van der Waals surface area contributed by atoms with Crippen molar-refractivity contribution >= 4 is 22.7 Å². The van der Waals surface area contributed by atoms with Crippen molar-refractivity contribution in [1.29, 1.82) is 0 Å². The van der Waals surface area contributed by atoms with Gasteiger partial charge in [-0.25, -0.2) is 0 Å². The van der Waals surface area contributed by atoms with E-state index in [1.54, 1.807) is 12.1 Å². The predicted octanol–water partition coefficient (Wildman–Crippen LogP) is 3.42. The molecule has 0 saturated heterocycles. The molecule has 0 spiro atoms. The van der Waals surface area contributed by atoms with Crippen molar-refractivity contribution in [3.8, 4) is 0 Å². The highest BCUT2D eigenvalue weighted by molar-refractivity contribution is 6.30. The average Bonchev–Trinajstić information content (AvgIpc) is 2.64. The SMILES string of the molecule is COC1=C(c2ccccc2)C(=O)C(O)(CC(C)=O)C=C1c1ccccc1. The standard InChI is InChI=1S/C22H20O4/c1-15(23)13-22(25)14-18(16-9-5-3-6-10-16)20(26-2)19(21(22)24)17-11-7-4-8-12-17/h3-12,14,25H,13H2,1-2H3. The Labute approximate surface area is 152 Å². The Kier molecular flexibility index (Phi) is 4.87. The molecule has 0 aliphatic heterocycles. The van der Waals surface area contributed by atoms with Crippen LogP contribution in [0.5, 0.6) is 0 Å². The maximum atomic E-state index is 13.1. The van der Waals surface area contributed by atoms with Crippen molar-refractivity contribution in [2.24, 2.45) is 0 Å². The highest BCUT2D eigenvalue weighted by Gasteiger charge is 2.43. The minimum atomic E-state index is -1.90. The van der Waals surface area contributed by atoms with Gasteiger partial charge >= 0.3 is 0 Å². The van der Waals surface area contributed by atoms with E-state index in [4.69, 9.17) is 4.74 Å². The molecule has 0 fully saturated rings. The molecule has 0 aromatic heterocycles. The molecule has 0 bridgehead atoms. The number of Topliss-reactive ketones (excluding diaryl/α,β-unsaturated/α-hetero) is 2. The maximum absolute atomic E-state index is 13.1. The van der Waals surface area contributed by atoms with Crippen LogP contribution in [0.2, 0.25) is 0 Å². The Hall–Kier alpha value is -2.98. The van der Waals surface area contributed by atoms with E-state index in [2.05, 4.69) is 0 Å². The Morgan fingerprint density at radius 3 is 2.04 bits per heavy atom. The zero-order valence-corrected chi connectivity index (χ0v) is 14.7. The van der Waals surface area contributed by atoms with Gasteiger partial charge in [-0.2, -0.15) is 0 Å². The van der Waals surface area contributed by atoms with Crippen LogP contribution in [0, 0.1) is 0 Å². The summed E-state index contributed by atoms with van der Waals surface area (Å²) in [6, 6.07) is 18.4. The lowest BCUT2D eigenvalue weighted by atomic mass is 9.77. The third-order valence-electron chi connectivity index (χ3n) is 4.34. The fraction of sp³-hybridized carbons (Fsp3) is 0.182. The van der Waals surface area contributed by atoms with Crippen LogP contribution in [0.3, 0.4) is 0 Å². The van der Waals surface area contributed by atoms with Crippen molar-refractivity contribution in [2.75, 3.05) is 7.11 Å². The molecule has 1 atom stereocenters. The predicted molar refractivity (Wildman–Crippen MR) is 100 cm³/mol. The third kappa shape index (κ3) is 3.24. The lowest BCUT2D eigenvalue weighted by Crippen LogP contribution is -2.42. The number of carbonyl (C=O) groups excluding carboxylic acids is 2. The molecule has 2 aromatic carbocycles. The zero-order valence-electron chi connectivity index (χ0n) is 14.7. The normalized spacial score (nSPS) is 20.0. The lowest BCUT2D eigenvalue weighted by Gasteiger charge is -2.31. The number of ketones is 2. The number of methoxy groups -OCH3 is 1. The van der Waals surface area contributed by atoms with Gasteiger partial charge in [-0.05, 0) is 24.1 Å². The summed E-state index contributed by atoms with van der Waals surface area (Å²) in [5.41, 5.74) is 0.406. The first-order valence-corrected chi connectivity index (χ1v) is 8.35. The number of benzene rings is 2. The Morgan fingerprint density at radius 2 is 1.54 bits per heavy atom. The van der Waals surface area contributed by atoms with Crippen molar-refractivity contribution < 1.29 is 19.4 Å². The molecular formula is C22H20O4. The first-order chi connectivity index (χ1) is 12.5. The largest absolute Gasteiger partial charge is 0.495 e. The summed E-state index contributed by atoms with van der Waals surface area (Å²) in [6.07, 6.45) is 1.16. The van der Waals surface area contributed by atoms with Crippen LogP contribution in [0.25, 0.3) is 11.1 Å². The van der Waals surface area contributed by atoms with Gasteiger partial charge < -0.3 is 9.84 Å². The molecule has 3 rings (SSSR count). The van der Waals surface area contributed by atoms with Crippen molar-refractivity contribution in [3.63, 3.8) is 0 Å². The topological polar surface area (TPSA) is 63.6 Å². The molecule has 4 nitrogen and oxygen atoms in total. The smallest absolute Gasteiger partial charge is 0.203 e. The van der Waals surface area contributed by atoms with Gasteiger partial charge in [-0.15, -0.1) is 0 Å². The number of carbonyl (C=O) groups is 2. The van der Waals surface area contributed by atoms with Gasteiger partial charge in [0.15, 0.2) is 5.60 Å². The lowest BCUT2D eigenvalue weighted by molar-refractivity contribution is -0.133. The minimum Gasteiger partial charge on any atom is -0.495 e. The van der Waals surface area contributed by atoms with Gasteiger partial charge in [0.25, 0.3) is 0 Å². The number of hydrogen-bond donors (Lipinski definition) is 1. The van der Waals surface area contributed by atoms with Crippen LogP contribution < -0.4 is 0 Å². The van der Waals surface area contributed by atoms with Crippen molar-refractivity contribution in [1.82, 2.24) is 0 Å². The second kappa shape index (κ2) is 7.10.